The van der Waals surface area contributed by atoms with Crippen molar-refractivity contribution >= 4 is 0 Å². The Labute approximate surface area is 186 Å². The minimum atomic E-state index is -0.0399. The van der Waals surface area contributed by atoms with Crippen LogP contribution in [0.15, 0.2) is 23.3 Å². The van der Waals surface area contributed by atoms with E-state index in [-0.39, 0.29) is 6.10 Å². The Morgan fingerprint density at radius 1 is 1.10 bits per heavy atom. The molecule has 0 aliphatic heterocycles. The quantitative estimate of drug-likeness (QED) is 0.437. The molecule has 1 nitrogen and oxygen atoms in total. The minimum Gasteiger partial charge on any atom is -0.393 e. The van der Waals surface area contributed by atoms with Crippen LogP contribution < -0.4 is 0 Å². The van der Waals surface area contributed by atoms with Crippen LogP contribution in [0, 0.1) is 40.4 Å². The zero-order valence-corrected chi connectivity index (χ0v) is 20.6. The van der Waals surface area contributed by atoms with E-state index in [9.17, 15) is 5.11 Å². The van der Waals surface area contributed by atoms with Crippen LogP contribution in [0.5, 0.6) is 0 Å². The van der Waals surface area contributed by atoms with Gasteiger partial charge in [0.2, 0.25) is 0 Å². The van der Waals surface area contributed by atoms with E-state index in [4.69, 9.17) is 0 Å². The molecule has 4 rings (SSSR count). The lowest BCUT2D eigenvalue weighted by Gasteiger charge is -2.55. The van der Waals surface area contributed by atoms with E-state index < -0.39 is 0 Å². The van der Waals surface area contributed by atoms with Gasteiger partial charge in [-0.25, -0.2) is 0 Å². The maximum Gasteiger partial charge on any atom is 0.0543 e. The van der Waals surface area contributed by atoms with Crippen LogP contribution in [0.4, 0.5) is 0 Å². The molecule has 0 radical (unpaired) electrons. The number of hydrogen-bond acceptors (Lipinski definition) is 1. The number of fused-ring (bicyclic) bond motifs is 4. The van der Waals surface area contributed by atoms with Crippen molar-refractivity contribution < 1.29 is 5.11 Å². The number of aliphatic hydroxyl groups is 1. The smallest absolute Gasteiger partial charge is 0.0543 e. The van der Waals surface area contributed by atoms with Crippen molar-refractivity contribution in [2.24, 2.45) is 40.4 Å². The van der Waals surface area contributed by atoms with Gasteiger partial charge in [0.25, 0.3) is 0 Å². The zero-order chi connectivity index (χ0) is 21.7. The molecule has 1 N–H and O–H groups in total. The van der Waals surface area contributed by atoms with E-state index in [2.05, 4.69) is 41.2 Å². The highest BCUT2D eigenvalue weighted by atomic mass is 16.3. The summed E-state index contributed by atoms with van der Waals surface area (Å²) in [4.78, 5) is 0. The molecule has 30 heavy (non-hydrogen) atoms. The third kappa shape index (κ3) is 3.66. The molecule has 170 valence electrons. The van der Waals surface area contributed by atoms with Crippen LogP contribution in [-0.2, 0) is 0 Å². The minimum absolute atomic E-state index is 0.0399. The summed E-state index contributed by atoms with van der Waals surface area (Å²) in [6.07, 6.45) is 15.5. The zero-order valence-electron chi connectivity index (χ0n) is 20.6. The second-order valence-electron chi connectivity index (χ2n) is 12.3. The molecule has 4 aliphatic carbocycles. The van der Waals surface area contributed by atoms with E-state index in [1.165, 1.54) is 69.8 Å². The van der Waals surface area contributed by atoms with Crippen molar-refractivity contribution in [3.63, 3.8) is 0 Å². The molecule has 0 aromatic carbocycles. The first kappa shape index (κ1) is 22.6. The highest BCUT2D eigenvalue weighted by Crippen LogP contribution is 2.66. The lowest BCUT2D eigenvalue weighted by atomic mass is 9.50. The Morgan fingerprint density at radius 2 is 1.87 bits per heavy atom. The number of rotatable bonds is 6. The van der Waals surface area contributed by atoms with Gasteiger partial charge in [0.1, 0.15) is 0 Å². The first-order valence-corrected chi connectivity index (χ1v) is 13.3. The largest absolute Gasteiger partial charge is 0.393 e. The van der Waals surface area contributed by atoms with Crippen LogP contribution in [0.25, 0.3) is 0 Å². The fourth-order valence-corrected chi connectivity index (χ4v) is 8.88. The van der Waals surface area contributed by atoms with E-state index >= 15 is 0 Å². The molecule has 0 amide bonds. The Kier molecular flexibility index (Phi) is 6.35. The van der Waals surface area contributed by atoms with Gasteiger partial charge in [0.05, 0.1) is 6.10 Å². The summed E-state index contributed by atoms with van der Waals surface area (Å²) in [6.45, 7) is 16.6. The van der Waals surface area contributed by atoms with Crippen LogP contribution in [0.2, 0.25) is 0 Å². The fourth-order valence-electron chi connectivity index (χ4n) is 8.88. The topological polar surface area (TPSA) is 20.2 Å². The second-order valence-corrected chi connectivity index (χ2v) is 12.3. The van der Waals surface area contributed by atoms with E-state index in [1.54, 1.807) is 0 Å². The van der Waals surface area contributed by atoms with Gasteiger partial charge in [-0.3, -0.25) is 0 Å². The lowest BCUT2D eigenvalue weighted by Crippen LogP contribution is -2.45. The summed E-state index contributed by atoms with van der Waals surface area (Å²) in [5.74, 6) is 4.04. The Bertz CT molecular complexity index is 688. The van der Waals surface area contributed by atoms with Crippen molar-refractivity contribution in [3.05, 3.63) is 23.3 Å². The van der Waals surface area contributed by atoms with E-state index in [0.717, 1.165) is 42.4 Å². The lowest BCUT2D eigenvalue weighted by molar-refractivity contribution is 0.0131. The van der Waals surface area contributed by atoms with Crippen molar-refractivity contribution in [1.29, 1.82) is 0 Å². The van der Waals surface area contributed by atoms with Crippen LogP contribution in [0.1, 0.15) is 112 Å². The van der Waals surface area contributed by atoms with Gasteiger partial charge in [-0.1, -0.05) is 51.0 Å². The molecule has 0 spiro atoms. The van der Waals surface area contributed by atoms with Gasteiger partial charge < -0.3 is 5.11 Å². The highest BCUT2D eigenvalue weighted by Gasteiger charge is 2.55. The van der Waals surface area contributed by atoms with Gasteiger partial charge in [-0.15, -0.1) is 0 Å². The molecular weight excluding hydrogens is 364 g/mol. The second kappa shape index (κ2) is 8.42. The Balaban J connectivity index is 1.51. The monoisotopic (exact) mass is 412 g/mol. The van der Waals surface area contributed by atoms with E-state index in [1.807, 2.05) is 11.1 Å². The van der Waals surface area contributed by atoms with Crippen molar-refractivity contribution in [1.82, 2.24) is 0 Å². The predicted molar refractivity (Wildman–Crippen MR) is 128 cm³/mol. The van der Waals surface area contributed by atoms with Crippen molar-refractivity contribution in [3.8, 4) is 0 Å². The molecule has 8 atom stereocenters. The SMILES string of the molecule is C=C(C)C(CC)CC[C@@H](C)[C@H]1CC[C@H]2C3=C(CC[C@]12C)[C@@]1(C)CC[C@H](O)C[C@@H]1CC3. The third-order valence-corrected chi connectivity index (χ3v) is 10.9. The molecule has 2 fully saturated rings. The molecular formula is C29H48O. The van der Waals surface area contributed by atoms with Gasteiger partial charge in [-0.2, -0.15) is 0 Å². The molecule has 1 heteroatoms. The Hall–Kier alpha value is -0.560. The van der Waals surface area contributed by atoms with Gasteiger partial charge in [0, 0.05) is 0 Å². The maximum atomic E-state index is 10.3. The van der Waals surface area contributed by atoms with Crippen molar-refractivity contribution in [2.45, 2.75) is 118 Å². The van der Waals surface area contributed by atoms with Gasteiger partial charge in [0.15, 0.2) is 0 Å². The summed E-state index contributed by atoms with van der Waals surface area (Å²) in [5.41, 5.74) is 6.08. The maximum absolute atomic E-state index is 10.3. The summed E-state index contributed by atoms with van der Waals surface area (Å²) >= 11 is 0. The average molecular weight is 413 g/mol. The molecule has 0 heterocycles. The first-order valence-electron chi connectivity index (χ1n) is 13.3. The van der Waals surface area contributed by atoms with Crippen LogP contribution in [-0.4, -0.2) is 11.2 Å². The van der Waals surface area contributed by atoms with E-state index in [0.29, 0.717) is 10.8 Å². The molecule has 4 aliphatic rings. The normalized spacial score (nSPS) is 42.9. The molecule has 1 unspecified atom stereocenters. The summed E-state index contributed by atoms with van der Waals surface area (Å²) in [5, 5.41) is 10.3. The predicted octanol–water partition coefficient (Wildman–Crippen LogP) is 8.09. The Morgan fingerprint density at radius 3 is 2.57 bits per heavy atom. The first-order chi connectivity index (χ1) is 14.2. The number of aliphatic hydroxyl groups excluding tert-OH is 1. The molecule has 0 saturated heterocycles. The standard InChI is InChI=1S/C29H48O/c1-7-21(19(2)3)9-8-20(4)25-12-13-26-24-11-10-22-18-23(30)14-16-28(22,5)27(24)15-17-29(25,26)6/h20-23,25-26,30H,2,7-18H2,1,3-6H3/t20-,21?,22+,23+,25-,26+,28+,29-/m1/s1. The highest BCUT2D eigenvalue weighted by molar-refractivity contribution is 5.34. The van der Waals surface area contributed by atoms with Crippen molar-refractivity contribution in [2.75, 3.05) is 0 Å². The fraction of sp³-hybridized carbons (Fsp3) is 0.862. The van der Waals surface area contributed by atoms with Crippen LogP contribution >= 0.6 is 0 Å². The van der Waals surface area contributed by atoms with Gasteiger partial charge >= 0.3 is 0 Å². The molecule has 0 aromatic rings. The summed E-state index contributed by atoms with van der Waals surface area (Å²) in [7, 11) is 0. The third-order valence-electron chi connectivity index (χ3n) is 10.9. The average Bonchev–Trinajstić information content (AvgIpc) is 3.06. The van der Waals surface area contributed by atoms with Crippen LogP contribution in [0.3, 0.4) is 0 Å². The number of allylic oxidation sites excluding steroid dienone is 3. The molecule has 0 bridgehead atoms. The van der Waals surface area contributed by atoms with Gasteiger partial charge in [-0.05, 0) is 124 Å². The molecule has 0 aromatic heterocycles. The summed E-state index contributed by atoms with van der Waals surface area (Å²) in [6, 6.07) is 0. The molecule has 2 saturated carbocycles. The number of hydrogen-bond donors (Lipinski definition) is 1. The summed E-state index contributed by atoms with van der Waals surface area (Å²) < 4.78 is 0.